The van der Waals surface area contributed by atoms with Gasteiger partial charge < -0.3 is 0 Å². The Hall–Kier alpha value is -0.560. The summed E-state index contributed by atoms with van der Waals surface area (Å²) in [6.07, 6.45) is 2.88. The molecule has 1 aromatic rings. The number of rotatable bonds is 3. The molecule has 0 aromatic heterocycles. The molecule has 11 heavy (non-hydrogen) atoms. The Balaban J connectivity index is 2.74. The van der Waals surface area contributed by atoms with Gasteiger partial charge in [0.25, 0.3) is 0 Å². The van der Waals surface area contributed by atoms with Crippen molar-refractivity contribution in [3.8, 4) is 0 Å². The van der Waals surface area contributed by atoms with Crippen molar-refractivity contribution in [1.82, 2.24) is 0 Å². The van der Waals surface area contributed by atoms with Gasteiger partial charge in [-0.25, -0.2) is 0 Å². The lowest BCUT2D eigenvalue weighted by Gasteiger charge is -1.97. The smallest absolute Gasteiger partial charge is 0.0283 e. The van der Waals surface area contributed by atoms with Crippen LogP contribution in [-0.2, 0) is 11.8 Å². The van der Waals surface area contributed by atoms with Crippen LogP contribution >= 0.6 is 15.9 Å². The maximum Gasteiger partial charge on any atom is 0.0283 e. The van der Waals surface area contributed by atoms with Gasteiger partial charge in [-0.15, -0.1) is 6.58 Å². The summed E-state index contributed by atoms with van der Waals surface area (Å²) in [4.78, 5) is 0. The first kappa shape index (κ1) is 8.54. The fraction of sp³-hybridized carbons (Fsp3) is 0.200. The first-order chi connectivity index (χ1) is 5.36. The van der Waals surface area contributed by atoms with E-state index in [0.29, 0.717) is 0 Å². The van der Waals surface area contributed by atoms with E-state index in [0.717, 1.165) is 11.8 Å². The van der Waals surface area contributed by atoms with Crippen LogP contribution in [0.3, 0.4) is 0 Å². The SMILES string of the molecule is C=CCc1ccc(CBr)cc1. The maximum absolute atomic E-state index is 3.69. The first-order valence-corrected chi connectivity index (χ1v) is 4.73. The lowest BCUT2D eigenvalue weighted by atomic mass is 10.1. The van der Waals surface area contributed by atoms with Crippen molar-refractivity contribution in [2.45, 2.75) is 11.8 Å². The molecule has 0 aliphatic heterocycles. The monoisotopic (exact) mass is 210 g/mol. The molecule has 0 amide bonds. The Labute approximate surface area is 76.1 Å². The zero-order chi connectivity index (χ0) is 8.10. The molecule has 0 bridgehead atoms. The molecule has 0 aliphatic carbocycles. The minimum absolute atomic E-state index is 0.932. The lowest BCUT2D eigenvalue weighted by molar-refractivity contribution is 1.26. The predicted octanol–water partition coefficient (Wildman–Crippen LogP) is 3.31. The number of hydrogen-bond donors (Lipinski definition) is 0. The highest BCUT2D eigenvalue weighted by Crippen LogP contribution is 2.08. The quantitative estimate of drug-likeness (QED) is 0.531. The van der Waals surface area contributed by atoms with Crippen LogP contribution in [0.15, 0.2) is 36.9 Å². The van der Waals surface area contributed by atoms with Gasteiger partial charge in [-0.1, -0.05) is 46.3 Å². The van der Waals surface area contributed by atoms with Crippen LogP contribution in [0.4, 0.5) is 0 Å². The highest BCUT2D eigenvalue weighted by atomic mass is 79.9. The van der Waals surface area contributed by atoms with Gasteiger partial charge in [0.05, 0.1) is 0 Å². The molecule has 1 heteroatoms. The van der Waals surface area contributed by atoms with Gasteiger partial charge in [0.1, 0.15) is 0 Å². The molecule has 0 spiro atoms. The first-order valence-electron chi connectivity index (χ1n) is 3.61. The number of alkyl halides is 1. The second kappa shape index (κ2) is 4.35. The lowest BCUT2D eigenvalue weighted by Crippen LogP contribution is -1.81. The normalized spacial score (nSPS) is 9.55. The van der Waals surface area contributed by atoms with Crippen molar-refractivity contribution in [3.05, 3.63) is 48.0 Å². The van der Waals surface area contributed by atoms with E-state index in [1.54, 1.807) is 0 Å². The van der Waals surface area contributed by atoms with Crippen molar-refractivity contribution in [2.24, 2.45) is 0 Å². The van der Waals surface area contributed by atoms with Crippen molar-refractivity contribution in [3.63, 3.8) is 0 Å². The summed E-state index contributed by atoms with van der Waals surface area (Å²) in [6.45, 7) is 3.69. The zero-order valence-electron chi connectivity index (χ0n) is 6.39. The Morgan fingerprint density at radius 3 is 2.18 bits per heavy atom. The second-order valence-electron chi connectivity index (χ2n) is 2.44. The van der Waals surface area contributed by atoms with Gasteiger partial charge in [-0.3, -0.25) is 0 Å². The van der Waals surface area contributed by atoms with E-state index in [-0.39, 0.29) is 0 Å². The molecule has 0 unspecified atom stereocenters. The molecule has 0 saturated heterocycles. The summed E-state index contributed by atoms with van der Waals surface area (Å²) < 4.78 is 0. The van der Waals surface area contributed by atoms with Crippen LogP contribution in [0.1, 0.15) is 11.1 Å². The third kappa shape index (κ3) is 2.51. The standard InChI is InChI=1S/C10H11Br/c1-2-3-9-4-6-10(8-11)7-5-9/h2,4-7H,1,3,8H2. The van der Waals surface area contributed by atoms with E-state index in [1.807, 2.05) is 6.08 Å². The molecule has 0 nitrogen and oxygen atoms in total. The second-order valence-corrected chi connectivity index (χ2v) is 3.00. The van der Waals surface area contributed by atoms with E-state index >= 15 is 0 Å². The molecule has 0 atom stereocenters. The van der Waals surface area contributed by atoms with Gasteiger partial charge in [-0.05, 0) is 17.5 Å². The minimum Gasteiger partial charge on any atom is -0.103 e. The summed E-state index contributed by atoms with van der Waals surface area (Å²) >= 11 is 3.40. The molecular weight excluding hydrogens is 200 g/mol. The summed E-state index contributed by atoms with van der Waals surface area (Å²) in [5.41, 5.74) is 2.64. The molecule has 0 fully saturated rings. The minimum atomic E-state index is 0.932. The molecule has 0 heterocycles. The van der Waals surface area contributed by atoms with Crippen molar-refractivity contribution < 1.29 is 0 Å². The average molecular weight is 211 g/mol. The molecule has 0 saturated carbocycles. The molecule has 0 aliphatic rings. The van der Waals surface area contributed by atoms with Crippen LogP contribution in [0.2, 0.25) is 0 Å². The number of halogens is 1. The highest BCUT2D eigenvalue weighted by molar-refractivity contribution is 9.08. The molecular formula is C10H11Br. The topological polar surface area (TPSA) is 0 Å². The Morgan fingerprint density at radius 2 is 1.73 bits per heavy atom. The van der Waals surface area contributed by atoms with Crippen LogP contribution in [-0.4, -0.2) is 0 Å². The fourth-order valence-corrected chi connectivity index (χ4v) is 1.30. The van der Waals surface area contributed by atoms with Crippen molar-refractivity contribution >= 4 is 15.9 Å². The van der Waals surface area contributed by atoms with E-state index < -0.39 is 0 Å². The predicted molar refractivity (Wildman–Crippen MR) is 53.0 cm³/mol. The fourth-order valence-electron chi connectivity index (χ4n) is 0.931. The third-order valence-corrected chi connectivity index (χ3v) is 2.20. The van der Waals surface area contributed by atoms with E-state index in [9.17, 15) is 0 Å². The number of allylic oxidation sites excluding steroid dienone is 1. The summed E-state index contributed by atoms with van der Waals surface area (Å²) in [7, 11) is 0. The summed E-state index contributed by atoms with van der Waals surface area (Å²) in [6, 6.07) is 8.54. The Morgan fingerprint density at radius 1 is 1.18 bits per heavy atom. The maximum atomic E-state index is 3.69. The van der Waals surface area contributed by atoms with E-state index in [2.05, 4.69) is 46.8 Å². The third-order valence-electron chi connectivity index (χ3n) is 1.56. The van der Waals surface area contributed by atoms with Crippen LogP contribution in [0.25, 0.3) is 0 Å². The summed E-state index contributed by atoms with van der Waals surface area (Å²) in [5.74, 6) is 0. The number of benzene rings is 1. The molecule has 0 radical (unpaired) electrons. The van der Waals surface area contributed by atoms with Gasteiger partial charge in [-0.2, -0.15) is 0 Å². The van der Waals surface area contributed by atoms with E-state index in [1.165, 1.54) is 11.1 Å². The van der Waals surface area contributed by atoms with Crippen LogP contribution in [0.5, 0.6) is 0 Å². The van der Waals surface area contributed by atoms with Gasteiger partial charge in [0, 0.05) is 5.33 Å². The van der Waals surface area contributed by atoms with E-state index in [4.69, 9.17) is 0 Å². The van der Waals surface area contributed by atoms with Crippen LogP contribution < -0.4 is 0 Å². The van der Waals surface area contributed by atoms with Gasteiger partial charge in [0.15, 0.2) is 0 Å². The molecule has 0 N–H and O–H groups in total. The number of hydrogen-bond acceptors (Lipinski definition) is 0. The zero-order valence-corrected chi connectivity index (χ0v) is 7.97. The Kier molecular flexibility index (Phi) is 3.37. The average Bonchev–Trinajstić information content (AvgIpc) is 2.07. The van der Waals surface area contributed by atoms with Crippen molar-refractivity contribution in [1.29, 1.82) is 0 Å². The van der Waals surface area contributed by atoms with Crippen molar-refractivity contribution in [2.75, 3.05) is 0 Å². The molecule has 1 rings (SSSR count). The van der Waals surface area contributed by atoms with Gasteiger partial charge in [0.2, 0.25) is 0 Å². The highest BCUT2D eigenvalue weighted by Gasteiger charge is 1.89. The van der Waals surface area contributed by atoms with Crippen LogP contribution in [0, 0.1) is 0 Å². The molecule has 1 aromatic carbocycles. The largest absolute Gasteiger partial charge is 0.103 e. The Bertz CT molecular complexity index is 223. The van der Waals surface area contributed by atoms with Gasteiger partial charge >= 0.3 is 0 Å². The summed E-state index contributed by atoms with van der Waals surface area (Å²) in [5, 5.41) is 0.932. The molecule has 58 valence electrons.